The van der Waals surface area contributed by atoms with E-state index in [4.69, 9.17) is 10.8 Å². The lowest BCUT2D eigenvalue weighted by Gasteiger charge is -2.60. The molecule has 4 aliphatic carbocycles. The van der Waals surface area contributed by atoms with Crippen LogP contribution in [-0.4, -0.2) is 17.6 Å². The third kappa shape index (κ3) is 1.88. The molecule has 17 heavy (non-hydrogen) atoms. The highest BCUT2D eigenvalue weighted by atomic mass is 35.5. The molecule has 0 aromatic heterocycles. The molecular weight excluding hydrogens is 238 g/mol. The minimum absolute atomic E-state index is 0. The third-order valence-electron chi connectivity index (χ3n) is 5.62. The van der Waals surface area contributed by atoms with Gasteiger partial charge in [0, 0.05) is 0 Å². The Labute approximate surface area is 109 Å². The average molecular weight is 260 g/mol. The molecule has 3 nitrogen and oxygen atoms in total. The van der Waals surface area contributed by atoms with Gasteiger partial charge in [-0.2, -0.15) is 0 Å². The SMILES string of the molecule is Cl.NCC1(CC(=O)O)C2CC3CC(C2)CC1C3. The molecule has 0 aromatic carbocycles. The first-order chi connectivity index (χ1) is 7.64. The molecule has 4 rings (SSSR count). The minimum atomic E-state index is -0.655. The van der Waals surface area contributed by atoms with Crippen LogP contribution in [0.4, 0.5) is 0 Å². The van der Waals surface area contributed by atoms with Gasteiger partial charge in [-0.3, -0.25) is 4.79 Å². The predicted octanol–water partition coefficient (Wildman–Crippen LogP) is 2.28. The molecule has 0 radical (unpaired) electrons. The van der Waals surface area contributed by atoms with Crippen LogP contribution >= 0.6 is 12.4 Å². The van der Waals surface area contributed by atoms with E-state index in [-0.39, 0.29) is 17.8 Å². The van der Waals surface area contributed by atoms with E-state index in [1.807, 2.05) is 0 Å². The largest absolute Gasteiger partial charge is 0.481 e. The van der Waals surface area contributed by atoms with E-state index in [2.05, 4.69) is 0 Å². The fourth-order valence-corrected chi connectivity index (χ4v) is 5.10. The molecule has 98 valence electrons. The molecule has 4 bridgehead atoms. The number of hydrogen-bond donors (Lipinski definition) is 2. The number of hydrogen-bond acceptors (Lipinski definition) is 2. The first-order valence-corrected chi connectivity index (χ1v) is 6.56. The second kappa shape index (κ2) is 4.43. The number of rotatable bonds is 3. The quantitative estimate of drug-likeness (QED) is 0.817. The molecule has 4 aliphatic rings. The molecule has 0 saturated heterocycles. The molecule has 4 heteroatoms. The maximum atomic E-state index is 11.1. The summed E-state index contributed by atoms with van der Waals surface area (Å²) in [4.78, 5) is 11.1. The van der Waals surface area contributed by atoms with Crippen LogP contribution in [0.25, 0.3) is 0 Å². The van der Waals surface area contributed by atoms with E-state index >= 15 is 0 Å². The van der Waals surface area contributed by atoms with Gasteiger partial charge in [-0.25, -0.2) is 0 Å². The van der Waals surface area contributed by atoms with Gasteiger partial charge in [-0.05, 0) is 67.7 Å². The van der Waals surface area contributed by atoms with Crippen molar-refractivity contribution in [2.24, 2.45) is 34.8 Å². The molecule has 0 aliphatic heterocycles. The smallest absolute Gasteiger partial charge is 0.303 e. The van der Waals surface area contributed by atoms with Crippen molar-refractivity contribution < 1.29 is 9.90 Å². The topological polar surface area (TPSA) is 63.3 Å². The van der Waals surface area contributed by atoms with Crippen molar-refractivity contribution in [1.29, 1.82) is 0 Å². The summed E-state index contributed by atoms with van der Waals surface area (Å²) >= 11 is 0. The predicted molar refractivity (Wildman–Crippen MR) is 68.0 cm³/mol. The summed E-state index contributed by atoms with van der Waals surface area (Å²) in [7, 11) is 0. The Bertz CT molecular complexity index is 291. The average Bonchev–Trinajstić information content (AvgIpc) is 2.22. The Morgan fingerprint density at radius 3 is 1.94 bits per heavy atom. The van der Waals surface area contributed by atoms with E-state index in [9.17, 15) is 4.79 Å². The van der Waals surface area contributed by atoms with Crippen molar-refractivity contribution in [3.8, 4) is 0 Å². The Morgan fingerprint density at radius 2 is 1.59 bits per heavy atom. The first-order valence-electron chi connectivity index (χ1n) is 6.56. The number of carbonyl (C=O) groups is 1. The van der Waals surface area contributed by atoms with Gasteiger partial charge in [0.05, 0.1) is 6.42 Å². The minimum Gasteiger partial charge on any atom is -0.481 e. The van der Waals surface area contributed by atoms with Crippen molar-refractivity contribution in [3.63, 3.8) is 0 Å². The Morgan fingerprint density at radius 1 is 1.12 bits per heavy atom. The van der Waals surface area contributed by atoms with Crippen molar-refractivity contribution in [1.82, 2.24) is 0 Å². The molecule has 4 fully saturated rings. The van der Waals surface area contributed by atoms with Gasteiger partial charge in [0.15, 0.2) is 0 Å². The van der Waals surface area contributed by atoms with Gasteiger partial charge in [0.1, 0.15) is 0 Å². The summed E-state index contributed by atoms with van der Waals surface area (Å²) in [6.45, 7) is 0.577. The van der Waals surface area contributed by atoms with E-state index in [0.29, 0.717) is 24.8 Å². The van der Waals surface area contributed by atoms with Crippen LogP contribution in [0.15, 0.2) is 0 Å². The Kier molecular flexibility index (Phi) is 3.43. The van der Waals surface area contributed by atoms with Gasteiger partial charge in [0.25, 0.3) is 0 Å². The lowest BCUT2D eigenvalue weighted by molar-refractivity contribution is -0.153. The van der Waals surface area contributed by atoms with Crippen molar-refractivity contribution in [2.45, 2.75) is 38.5 Å². The second-order valence-electron chi connectivity index (χ2n) is 6.31. The summed E-state index contributed by atoms with van der Waals surface area (Å²) in [6, 6.07) is 0. The van der Waals surface area contributed by atoms with E-state index < -0.39 is 5.97 Å². The fraction of sp³-hybridized carbons (Fsp3) is 0.923. The highest BCUT2D eigenvalue weighted by Gasteiger charge is 2.56. The van der Waals surface area contributed by atoms with Crippen LogP contribution < -0.4 is 5.73 Å². The summed E-state index contributed by atoms with van der Waals surface area (Å²) in [5.74, 6) is 2.32. The van der Waals surface area contributed by atoms with Crippen LogP contribution in [0.5, 0.6) is 0 Å². The van der Waals surface area contributed by atoms with Gasteiger partial charge in [0.2, 0.25) is 0 Å². The van der Waals surface area contributed by atoms with Crippen LogP contribution in [0, 0.1) is 29.1 Å². The number of aliphatic carboxylic acids is 1. The maximum Gasteiger partial charge on any atom is 0.303 e. The molecule has 0 unspecified atom stereocenters. The maximum absolute atomic E-state index is 11.1. The van der Waals surface area contributed by atoms with Gasteiger partial charge >= 0.3 is 5.97 Å². The van der Waals surface area contributed by atoms with Crippen LogP contribution in [0.3, 0.4) is 0 Å². The molecule has 0 spiro atoms. The van der Waals surface area contributed by atoms with E-state index in [0.717, 1.165) is 11.8 Å². The summed E-state index contributed by atoms with van der Waals surface area (Å²) in [5.41, 5.74) is 5.92. The lowest BCUT2D eigenvalue weighted by Crippen LogP contribution is -2.56. The van der Waals surface area contributed by atoms with E-state index in [1.54, 1.807) is 0 Å². The third-order valence-corrected chi connectivity index (χ3v) is 5.62. The molecule has 0 amide bonds. The first kappa shape index (κ1) is 13.2. The summed E-state index contributed by atoms with van der Waals surface area (Å²) in [6.07, 6.45) is 6.70. The monoisotopic (exact) mass is 259 g/mol. The highest BCUT2D eigenvalue weighted by molar-refractivity contribution is 5.85. The summed E-state index contributed by atoms with van der Waals surface area (Å²) < 4.78 is 0. The van der Waals surface area contributed by atoms with Crippen LogP contribution in [0.2, 0.25) is 0 Å². The Hall–Kier alpha value is -0.280. The second-order valence-corrected chi connectivity index (χ2v) is 6.31. The van der Waals surface area contributed by atoms with Gasteiger partial charge in [-0.15, -0.1) is 12.4 Å². The summed E-state index contributed by atoms with van der Waals surface area (Å²) in [5, 5.41) is 9.14. The molecule has 0 heterocycles. The molecule has 0 aromatic rings. The molecule has 4 saturated carbocycles. The zero-order valence-electron chi connectivity index (χ0n) is 10.1. The molecule has 0 atom stereocenters. The zero-order valence-corrected chi connectivity index (χ0v) is 10.9. The Balaban J connectivity index is 0.00000108. The van der Waals surface area contributed by atoms with Crippen LogP contribution in [0.1, 0.15) is 38.5 Å². The van der Waals surface area contributed by atoms with Gasteiger partial charge < -0.3 is 10.8 Å². The highest BCUT2D eigenvalue weighted by Crippen LogP contribution is 2.63. The lowest BCUT2D eigenvalue weighted by atomic mass is 9.44. The number of carboxylic acid groups (broad SMARTS) is 1. The standard InChI is InChI=1S/C13H21NO2.ClH/c14-7-13(6-12(15)16)10-2-8-1-9(4-10)5-11(13)3-8;/h8-11H,1-7,14H2,(H,15,16);1H. The number of carboxylic acids is 1. The normalized spacial score (nSPS) is 46.6. The van der Waals surface area contributed by atoms with E-state index in [1.165, 1.54) is 32.1 Å². The zero-order chi connectivity index (χ0) is 11.3. The number of halogens is 1. The van der Waals surface area contributed by atoms with Crippen molar-refractivity contribution >= 4 is 18.4 Å². The molecule has 3 N–H and O–H groups in total. The van der Waals surface area contributed by atoms with Crippen molar-refractivity contribution in [3.05, 3.63) is 0 Å². The van der Waals surface area contributed by atoms with Crippen LogP contribution in [-0.2, 0) is 4.79 Å². The number of nitrogens with two attached hydrogens (primary N) is 1. The fourth-order valence-electron chi connectivity index (χ4n) is 5.10. The van der Waals surface area contributed by atoms with Crippen molar-refractivity contribution in [2.75, 3.05) is 6.54 Å². The van der Waals surface area contributed by atoms with Gasteiger partial charge in [-0.1, -0.05) is 0 Å². The molecular formula is C13H22ClNO2.